The van der Waals surface area contributed by atoms with Crippen LogP contribution in [0.2, 0.25) is 0 Å². The van der Waals surface area contributed by atoms with Gasteiger partial charge in [0.15, 0.2) is 0 Å². The van der Waals surface area contributed by atoms with Crippen LogP contribution in [0.4, 0.5) is 0 Å². The molecule has 1 aromatic rings. The maximum atomic E-state index is 11.8. The molecule has 1 aliphatic rings. The van der Waals surface area contributed by atoms with E-state index in [9.17, 15) is 4.79 Å². The van der Waals surface area contributed by atoms with E-state index in [0.29, 0.717) is 12.8 Å². The predicted molar refractivity (Wildman–Crippen MR) is 61.6 cm³/mol. The van der Waals surface area contributed by atoms with E-state index in [1.165, 1.54) is 11.1 Å². The molecule has 0 fully saturated rings. The van der Waals surface area contributed by atoms with Gasteiger partial charge in [-0.15, -0.1) is 0 Å². The van der Waals surface area contributed by atoms with Crippen molar-refractivity contribution in [1.29, 1.82) is 0 Å². The van der Waals surface area contributed by atoms with Gasteiger partial charge in [-0.1, -0.05) is 24.3 Å². The van der Waals surface area contributed by atoms with Gasteiger partial charge in [0.25, 0.3) is 0 Å². The van der Waals surface area contributed by atoms with Crippen LogP contribution in [0, 0.1) is 0 Å². The molecule has 0 saturated carbocycles. The van der Waals surface area contributed by atoms with E-state index in [4.69, 9.17) is 5.11 Å². The number of amides is 1. The fraction of sp³-hybridized carbons (Fsp3) is 0.462. The third-order valence-electron chi connectivity index (χ3n) is 2.99. The molecule has 0 aliphatic carbocycles. The third-order valence-corrected chi connectivity index (χ3v) is 2.99. The molecule has 1 N–H and O–H groups in total. The highest BCUT2D eigenvalue weighted by atomic mass is 16.3. The SMILES string of the molecule is O=C(CCCCO)N1Cc2ccccc2C1. The van der Waals surface area contributed by atoms with Crippen molar-refractivity contribution < 1.29 is 9.90 Å². The molecule has 0 bridgehead atoms. The number of carbonyl (C=O) groups is 1. The second-order valence-electron chi connectivity index (χ2n) is 4.20. The van der Waals surface area contributed by atoms with E-state index in [-0.39, 0.29) is 12.5 Å². The van der Waals surface area contributed by atoms with Gasteiger partial charge in [0.1, 0.15) is 0 Å². The number of unbranched alkanes of at least 4 members (excludes halogenated alkanes) is 1. The number of aliphatic hydroxyl groups excluding tert-OH is 1. The second kappa shape index (κ2) is 5.12. The van der Waals surface area contributed by atoms with Gasteiger partial charge < -0.3 is 10.0 Å². The molecular weight excluding hydrogens is 202 g/mol. The molecule has 3 heteroatoms. The lowest BCUT2D eigenvalue weighted by Crippen LogP contribution is -2.24. The van der Waals surface area contributed by atoms with Gasteiger partial charge in [-0.2, -0.15) is 0 Å². The molecule has 0 unspecified atom stereocenters. The van der Waals surface area contributed by atoms with Crippen LogP contribution in [0.1, 0.15) is 30.4 Å². The summed E-state index contributed by atoms with van der Waals surface area (Å²) in [4.78, 5) is 13.7. The molecule has 0 radical (unpaired) electrons. The number of benzene rings is 1. The minimum Gasteiger partial charge on any atom is -0.396 e. The normalized spacial score (nSPS) is 13.9. The van der Waals surface area contributed by atoms with Crippen LogP contribution in [-0.2, 0) is 17.9 Å². The zero-order valence-electron chi connectivity index (χ0n) is 9.35. The maximum Gasteiger partial charge on any atom is 0.223 e. The van der Waals surface area contributed by atoms with Crippen LogP contribution in [0.15, 0.2) is 24.3 Å². The van der Waals surface area contributed by atoms with Gasteiger partial charge in [-0.25, -0.2) is 0 Å². The predicted octanol–water partition coefficient (Wildman–Crippen LogP) is 1.69. The molecule has 1 aromatic carbocycles. The zero-order chi connectivity index (χ0) is 11.4. The van der Waals surface area contributed by atoms with Crippen molar-refractivity contribution >= 4 is 5.91 Å². The number of carbonyl (C=O) groups excluding carboxylic acids is 1. The number of aliphatic hydroxyl groups is 1. The second-order valence-corrected chi connectivity index (χ2v) is 4.20. The Morgan fingerprint density at radius 1 is 1.19 bits per heavy atom. The first-order chi connectivity index (χ1) is 7.81. The fourth-order valence-corrected chi connectivity index (χ4v) is 2.06. The molecule has 0 atom stereocenters. The summed E-state index contributed by atoms with van der Waals surface area (Å²) in [5, 5.41) is 8.66. The van der Waals surface area contributed by atoms with Crippen molar-refractivity contribution in [3.8, 4) is 0 Å². The molecule has 16 heavy (non-hydrogen) atoms. The van der Waals surface area contributed by atoms with E-state index in [0.717, 1.165) is 19.5 Å². The van der Waals surface area contributed by atoms with Crippen LogP contribution < -0.4 is 0 Å². The summed E-state index contributed by atoms with van der Waals surface area (Å²) >= 11 is 0. The first-order valence-electron chi connectivity index (χ1n) is 5.76. The minimum atomic E-state index is 0.174. The Balaban J connectivity index is 1.88. The molecular formula is C13H17NO2. The highest BCUT2D eigenvalue weighted by Crippen LogP contribution is 2.22. The number of rotatable bonds is 4. The lowest BCUT2D eigenvalue weighted by Gasteiger charge is -2.14. The summed E-state index contributed by atoms with van der Waals surface area (Å²) in [5.41, 5.74) is 2.52. The molecule has 1 amide bonds. The van der Waals surface area contributed by atoms with E-state index in [1.807, 2.05) is 17.0 Å². The Kier molecular flexibility index (Phi) is 3.57. The average molecular weight is 219 g/mol. The largest absolute Gasteiger partial charge is 0.396 e. The van der Waals surface area contributed by atoms with Crippen molar-refractivity contribution in [3.63, 3.8) is 0 Å². The number of fused-ring (bicyclic) bond motifs is 1. The lowest BCUT2D eigenvalue weighted by molar-refractivity contribution is -0.131. The molecule has 1 aliphatic heterocycles. The first-order valence-corrected chi connectivity index (χ1v) is 5.76. The summed E-state index contributed by atoms with van der Waals surface area (Å²) < 4.78 is 0. The summed E-state index contributed by atoms with van der Waals surface area (Å²) in [5.74, 6) is 0.199. The smallest absolute Gasteiger partial charge is 0.223 e. The van der Waals surface area contributed by atoms with Crippen molar-refractivity contribution in [1.82, 2.24) is 4.90 Å². The zero-order valence-corrected chi connectivity index (χ0v) is 9.35. The lowest BCUT2D eigenvalue weighted by atomic mass is 10.1. The topological polar surface area (TPSA) is 40.5 Å². The molecule has 2 rings (SSSR count). The highest BCUT2D eigenvalue weighted by molar-refractivity contribution is 5.76. The van der Waals surface area contributed by atoms with Gasteiger partial charge in [-0.05, 0) is 24.0 Å². The van der Waals surface area contributed by atoms with Crippen molar-refractivity contribution in [2.75, 3.05) is 6.61 Å². The molecule has 0 saturated heterocycles. The van der Waals surface area contributed by atoms with E-state index >= 15 is 0 Å². The van der Waals surface area contributed by atoms with Crippen LogP contribution >= 0.6 is 0 Å². The Morgan fingerprint density at radius 2 is 1.81 bits per heavy atom. The Hall–Kier alpha value is -1.35. The summed E-state index contributed by atoms with van der Waals surface area (Å²) in [7, 11) is 0. The van der Waals surface area contributed by atoms with Gasteiger partial charge >= 0.3 is 0 Å². The quantitative estimate of drug-likeness (QED) is 0.783. The molecule has 0 spiro atoms. The van der Waals surface area contributed by atoms with Crippen molar-refractivity contribution in [2.24, 2.45) is 0 Å². The highest BCUT2D eigenvalue weighted by Gasteiger charge is 2.21. The number of hydrogen-bond acceptors (Lipinski definition) is 2. The van der Waals surface area contributed by atoms with Crippen LogP contribution in [-0.4, -0.2) is 22.5 Å². The standard InChI is InChI=1S/C13H17NO2/c15-8-4-3-7-13(16)14-9-11-5-1-2-6-12(11)10-14/h1-2,5-6,15H,3-4,7-10H2. The summed E-state index contributed by atoms with van der Waals surface area (Å²) in [6, 6.07) is 8.18. The van der Waals surface area contributed by atoms with Gasteiger partial charge in [0, 0.05) is 26.1 Å². The Bertz CT molecular complexity index is 351. The Morgan fingerprint density at radius 3 is 2.38 bits per heavy atom. The summed E-state index contributed by atoms with van der Waals surface area (Å²) in [6.07, 6.45) is 2.04. The first kappa shape index (κ1) is 11.1. The number of hydrogen-bond donors (Lipinski definition) is 1. The van der Waals surface area contributed by atoms with Crippen LogP contribution in [0.3, 0.4) is 0 Å². The average Bonchev–Trinajstić information content (AvgIpc) is 2.73. The maximum absolute atomic E-state index is 11.8. The van der Waals surface area contributed by atoms with Gasteiger partial charge in [-0.3, -0.25) is 4.79 Å². The van der Waals surface area contributed by atoms with Gasteiger partial charge in [0.05, 0.1) is 0 Å². The number of nitrogens with zero attached hydrogens (tertiary/aromatic N) is 1. The monoisotopic (exact) mass is 219 g/mol. The fourth-order valence-electron chi connectivity index (χ4n) is 2.06. The van der Waals surface area contributed by atoms with E-state index < -0.39 is 0 Å². The van der Waals surface area contributed by atoms with Crippen LogP contribution in [0.25, 0.3) is 0 Å². The molecule has 0 aromatic heterocycles. The minimum absolute atomic E-state index is 0.174. The third kappa shape index (κ3) is 2.42. The van der Waals surface area contributed by atoms with Crippen LogP contribution in [0.5, 0.6) is 0 Å². The van der Waals surface area contributed by atoms with Crippen molar-refractivity contribution in [2.45, 2.75) is 32.4 Å². The summed E-state index contributed by atoms with van der Waals surface area (Å²) in [6.45, 7) is 1.66. The van der Waals surface area contributed by atoms with E-state index in [2.05, 4.69) is 12.1 Å². The molecule has 1 heterocycles. The molecule has 86 valence electrons. The van der Waals surface area contributed by atoms with Crippen molar-refractivity contribution in [3.05, 3.63) is 35.4 Å². The molecule has 3 nitrogen and oxygen atoms in total. The van der Waals surface area contributed by atoms with Gasteiger partial charge in [0.2, 0.25) is 5.91 Å². The van der Waals surface area contributed by atoms with E-state index in [1.54, 1.807) is 0 Å². The Labute approximate surface area is 95.7 Å².